The first-order valence-corrected chi connectivity index (χ1v) is 6.53. The molecule has 0 aliphatic heterocycles. The van der Waals surface area contributed by atoms with Crippen molar-refractivity contribution in [2.45, 2.75) is 51.9 Å². The van der Waals surface area contributed by atoms with Crippen LogP contribution in [0.15, 0.2) is 23.4 Å². The molecule has 1 nitrogen and oxygen atoms in total. The third kappa shape index (κ3) is 2.87. The smallest absolute Gasteiger partial charge is 0.0143 e. The molecule has 0 radical (unpaired) electrons. The van der Waals surface area contributed by atoms with Gasteiger partial charge in [-0.15, -0.1) is 0 Å². The molecule has 0 aromatic heterocycles. The van der Waals surface area contributed by atoms with Crippen LogP contribution in [0, 0.1) is 5.92 Å². The van der Waals surface area contributed by atoms with Crippen molar-refractivity contribution < 1.29 is 0 Å². The van der Waals surface area contributed by atoms with Gasteiger partial charge in [-0.1, -0.05) is 31.4 Å². The Hall–Kier alpha value is -0.720. The van der Waals surface area contributed by atoms with Crippen molar-refractivity contribution in [1.82, 2.24) is 5.32 Å². The van der Waals surface area contributed by atoms with E-state index in [0.717, 1.165) is 12.5 Å². The highest BCUT2D eigenvalue weighted by Crippen LogP contribution is 2.37. The van der Waals surface area contributed by atoms with Crippen LogP contribution in [-0.4, -0.2) is 6.54 Å². The molecule has 0 aromatic carbocycles. The van der Waals surface area contributed by atoms with Crippen LogP contribution in [0.1, 0.15) is 51.9 Å². The average Bonchev–Trinajstić information content (AvgIpc) is 2.71. The Balaban J connectivity index is 1.75. The average molecular weight is 205 g/mol. The van der Waals surface area contributed by atoms with E-state index in [1.165, 1.54) is 50.6 Å². The van der Waals surface area contributed by atoms with Crippen LogP contribution in [0.5, 0.6) is 0 Å². The lowest BCUT2D eigenvalue weighted by atomic mass is 9.92. The van der Waals surface area contributed by atoms with Crippen molar-refractivity contribution in [3.05, 3.63) is 23.4 Å². The van der Waals surface area contributed by atoms with Crippen LogP contribution in [0.3, 0.4) is 0 Å². The molecule has 0 saturated heterocycles. The van der Waals surface area contributed by atoms with Crippen molar-refractivity contribution in [2.75, 3.05) is 6.54 Å². The molecule has 15 heavy (non-hydrogen) atoms. The van der Waals surface area contributed by atoms with Crippen LogP contribution >= 0.6 is 0 Å². The van der Waals surface area contributed by atoms with Crippen LogP contribution in [0.2, 0.25) is 0 Å². The minimum absolute atomic E-state index is 0.878. The summed E-state index contributed by atoms with van der Waals surface area (Å²) in [5.74, 6) is 0.878. The molecule has 0 spiro atoms. The Morgan fingerprint density at radius 3 is 3.13 bits per heavy atom. The summed E-state index contributed by atoms with van der Waals surface area (Å²) in [4.78, 5) is 0. The molecule has 0 bridgehead atoms. The summed E-state index contributed by atoms with van der Waals surface area (Å²) in [5.41, 5.74) is 3.18. The quantitative estimate of drug-likeness (QED) is 0.673. The summed E-state index contributed by atoms with van der Waals surface area (Å²) in [7, 11) is 0. The zero-order chi connectivity index (χ0) is 10.5. The molecule has 1 N–H and O–H groups in total. The maximum Gasteiger partial charge on any atom is 0.0143 e. The zero-order valence-corrected chi connectivity index (χ0v) is 9.89. The Morgan fingerprint density at radius 1 is 1.33 bits per heavy atom. The van der Waals surface area contributed by atoms with E-state index in [-0.39, 0.29) is 0 Å². The highest BCUT2D eigenvalue weighted by molar-refractivity contribution is 5.27. The lowest BCUT2D eigenvalue weighted by molar-refractivity contribution is 0.568. The molecule has 1 saturated carbocycles. The van der Waals surface area contributed by atoms with E-state index in [1.54, 1.807) is 5.57 Å². The zero-order valence-electron chi connectivity index (χ0n) is 9.89. The van der Waals surface area contributed by atoms with Gasteiger partial charge in [0.25, 0.3) is 0 Å². The number of nitrogens with one attached hydrogen (secondary N) is 1. The second-order valence-electron chi connectivity index (χ2n) is 4.86. The minimum atomic E-state index is 0.878. The van der Waals surface area contributed by atoms with E-state index in [0.29, 0.717) is 0 Å². The number of rotatable bonds is 5. The van der Waals surface area contributed by atoms with Gasteiger partial charge in [-0.25, -0.2) is 0 Å². The van der Waals surface area contributed by atoms with E-state index in [9.17, 15) is 0 Å². The number of hydrogen-bond donors (Lipinski definition) is 1. The molecule has 1 heteroatoms. The topological polar surface area (TPSA) is 12.0 Å². The second kappa shape index (κ2) is 5.39. The molecule has 0 amide bonds. The maximum absolute atomic E-state index is 3.59. The van der Waals surface area contributed by atoms with Gasteiger partial charge in [0.05, 0.1) is 0 Å². The first-order chi connectivity index (χ1) is 7.40. The monoisotopic (exact) mass is 205 g/mol. The van der Waals surface area contributed by atoms with Gasteiger partial charge in [-0.3, -0.25) is 0 Å². The van der Waals surface area contributed by atoms with E-state index in [2.05, 4.69) is 24.4 Å². The Kier molecular flexibility index (Phi) is 3.87. The van der Waals surface area contributed by atoms with Crippen LogP contribution in [-0.2, 0) is 0 Å². The van der Waals surface area contributed by atoms with Gasteiger partial charge in [-0.05, 0) is 44.1 Å². The lowest BCUT2D eigenvalue weighted by Crippen LogP contribution is -2.18. The normalized spacial score (nSPS) is 24.5. The fourth-order valence-corrected chi connectivity index (χ4v) is 2.69. The third-order valence-corrected chi connectivity index (χ3v) is 3.64. The molecular weight excluding hydrogens is 182 g/mol. The molecule has 1 atom stereocenters. The molecule has 2 aliphatic carbocycles. The molecule has 2 aliphatic rings. The molecule has 0 heterocycles. The standard InChI is InChI=1S/C14H23N/c1-2-3-4-10-15-14-9-8-12-6-5-7-13(12)11-14/h8-9,13,15H,2-7,10-11H2,1H3. The summed E-state index contributed by atoms with van der Waals surface area (Å²) < 4.78 is 0. The van der Waals surface area contributed by atoms with Gasteiger partial charge < -0.3 is 5.32 Å². The van der Waals surface area contributed by atoms with Crippen molar-refractivity contribution in [3.8, 4) is 0 Å². The van der Waals surface area contributed by atoms with Crippen molar-refractivity contribution >= 4 is 0 Å². The van der Waals surface area contributed by atoms with Crippen LogP contribution < -0.4 is 5.32 Å². The second-order valence-corrected chi connectivity index (χ2v) is 4.86. The highest BCUT2D eigenvalue weighted by Gasteiger charge is 2.23. The first-order valence-electron chi connectivity index (χ1n) is 6.53. The fourth-order valence-electron chi connectivity index (χ4n) is 2.69. The Bertz CT molecular complexity index is 263. The number of hydrogen-bond acceptors (Lipinski definition) is 1. The van der Waals surface area contributed by atoms with Gasteiger partial charge in [0, 0.05) is 12.2 Å². The van der Waals surface area contributed by atoms with Crippen molar-refractivity contribution in [3.63, 3.8) is 0 Å². The van der Waals surface area contributed by atoms with Crippen molar-refractivity contribution in [1.29, 1.82) is 0 Å². The largest absolute Gasteiger partial charge is 0.388 e. The summed E-state index contributed by atoms with van der Waals surface area (Å²) in [6, 6.07) is 0. The number of allylic oxidation sites excluding steroid dienone is 4. The summed E-state index contributed by atoms with van der Waals surface area (Å²) in [6.45, 7) is 3.42. The third-order valence-electron chi connectivity index (χ3n) is 3.64. The fraction of sp³-hybridized carbons (Fsp3) is 0.714. The summed E-state index contributed by atoms with van der Waals surface area (Å²) >= 11 is 0. The van der Waals surface area contributed by atoms with Crippen LogP contribution in [0.4, 0.5) is 0 Å². The highest BCUT2D eigenvalue weighted by atomic mass is 14.9. The molecule has 1 unspecified atom stereocenters. The summed E-state index contributed by atoms with van der Waals surface area (Å²) in [5, 5.41) is 3.59. The SMILES string of the molecule is CCCCCNC1=CC=C2CCCC2C1. The van der Waals surface area contributed by atoms with Gasteiger partial charge in [0.1, 0.15) is 0 Å². The number of fused-ring (bicyclic) bond motifs is 1. The molecule has 84 valence electrons. The van der Waals surface area contributed by atoms with E-state index >= 15 is 0 Å². The van der Waals surface area contributed by atoms with Gasteiger partial charge in [0.2, 0.25) is 0 Å². The van der Waals surface area contributed by atoms with E-state index in [4.69, 9.17) is 0 Å². The molecule has 2 rings (SSSR count). The summed E-state index contributed by atoms with van der Waals surface area (Å²) in [6.07, 6.45) is 14.1. The van der Waals surface area contributed by atoms with Gasteiger partial charge in [-0.2, -0.15) is 0 Å². The first kappa shape index (κ1) is 10.8. The predicted octanol–water partition coefficient (Wildman–Crippen LogP) is 3.78. The van der Waals surface area contributed by atoms with E-state index < -0.39 is 0 Å². The maximum atomic E-state index is 3.59. The molecule has 1 fully saturated rings. The minimum Gasteiger partial charge on any atom is -0.388 e. The van der Waals surface area contributed by atoms with Crippen LogP contribution in [0.25, 0.3) is 0 Å². The lowest BCUT2D eigenvalue weighted by Gasteiger charge is -2.20. The van der Waals surface area contributed by atoms with Crippen molar-refractivity contribution in [2.24, 2.45) is 5.92 Å². The van der Waals surface area contributed by atoms with Gasteiger partial charge in [0.15, 0.2) is 0 Å². The molecule has 0 aromatic rings. The predicted molar refractivity (Wildman–Crippen MR) is 65.7 cm³/mol. The number of unbranched alkanes of at least 4 members (excludes halogenated alkanes) is 2. The molecular formula is C14H23N. The van der Waals surface area contributed by atoms with Gasteiger partial charge >= 0.3 is 0 Å². The Labute approximate surface area is 93.6 Å². The van der Waals surface area contributed by atoms with E-state index in [1.807, 2.05) is 0 Å². The Morgan fingerprint density at radius 2 is 2.27 bits per heavy atom.